The quantitative estimate of drug-likeness (QED) is 0.584. The molecule has 0 aromatic rings. The van der Waals surface area contributed by atoms with Crippen molar-refractivity contribution in [1.82, 2.24) is 5.32 Å². The van der Waals surface area contributed by atoms with Gasteiger partial charge in [0.1, 0.15) is 6.04 Å². The zero-order valence-electron chi connectivity index (χ0n) is 9.65. The number of hydrogen-bond acceptors (Lipinski definition) is 3. The Morgan fingerprint density at radius 2 is 2.00 bits per heavy atom. The summed E-state index contributed by atoms with van der Waals surface area (Å²) in [5.41, 5.74) is 4.94. The third-order valence-corrected chi connectivity index (χ3v) is 3.01. The van der Waals surface area contributed by atoms with E-state index in [0.717, 1.165) is 19.3 Å². The van der Waals surface area contributed by atoms with Gasteiger partial charge in [-0.3, -0.25) is 9.59 Å². The topological polar surface area (TPSA) is 109 Å². The molecule has 6 nitrogen and oxygen atoms in total. The van der Waals surface area contributed by atoms with Crippen LogP contribution in [-0.2, 0) is 14.4 Å². The van der Waals surface area contributed by atoms with Crippen LogP contribution in [0.3, 0.4) is 0 Å². The summed E-state index contributed by atoms with van der Waals surface area (Å²) in [5, 5.41) is 11.3. The molecule has 0 aromatic carbocycles. The summed E-state index contributed by atoms with van der Waals surface area (Å²) in [6.45, 7) is 0. The number of hydrogen-bond donors (Lipinski definition) is 3. The van der Waals surface area contributed by atoms with Gasteiger partial charge >= 0.3 is 5.97 Å². The molecule has 0 spiro atoms. The molecule has 0 bridgehead atoms. The molecule has 4 N–H and O–H groups in total. The minimum absolute atomic E-state index is 0.0410. The van der Waals surface area contributed by atoms with E-state index in [-0.39, 0.29) is 18.7 Å². The first-order valence-corrected chi connectivity index (χ1v) is 5.79. The Morgan fingerprint density at radius 1 is 1.35 bits per heavy atom. The predicted molar refractivity (Wildman–Crippen MR) is 60.0 cm³/mol. The maximum atomic E-state index is 11.5. The van der Waals surface area contributed by atoms with Gasteiger partial charge in [0.2, 0.25) is 11.8 Å². The van der Waals surface area contributed by atoms with E-state index >= 15 is 0 Å². The van der Waals surface area contributed by atoms with Crippen molar-refractivity contribution in [2.75, 3.05) is 0 Å². The molecule has 1 saturated carbocycles. The monoisotopic (exact) mass is 242 g/mol. The Hall–Kier alpha value is -1.59. The fourth-order valence-electron chi connectivity index (χ4n) is 1.76. The Morgan fingerprint density at radius 3 is 2.41 bits per heavy atom. The molecular formula is C11H18N2O4. The highest BCUT2D eigenvalue weighted by atomic mass is 16.4. The number of amides is 2. The van der Waals surface area contributed by atoms with Crippen molar-refractivity contribution >= 4 is 17.8 Å². The fourth-order valence-corrected chi connectivity index (χ4v) is 1.76. The minimum atomic E-state index is -1.13. The van der Waals surface area contributed by atoms with Gasteiger partial charge in [-0.1, -0.05) is 6.42 Å². The Bertz CT molecular complexity index is 313. The molecule has 6 heteroatoms. The Labute approximate surface area is 99.6 Å². The van der Waals surface area contributed by atoms with Crippen LogP contribution in [0.15, 0.2) is 0 Å². The number of nitrogens with one attached hydrogen (secondary N) is 1. The Balaban J connectivity index is 2.33. The summed E-state index contributed by atoms with van der Waals surface area (Å²) in [7, 11) is 0. The molecule has 1 aliphatic carbocycles. The van der Waals surface area contributed by atoms with Gasteiger partial charge in [0, 0.05) is 12.8 Å². The van der Waals surface area contributed by atoms with Gasteiger partial charge < -0.3 is 16.2 Å². The molecule has 2 amide bonds. The van der Waals surface area contributed by atoms with Crippen LogP contribution >= 0.6 is 0 Å². The third-order valence-electron chi connectivity index (χ3n) is 3.01. The second kappa shape index (κ2) is 6.22. The average Bonchev–Trinajstić information content (AvgIpc) is 2.17. The molecule has 0 aliphatic heterocycles. The first-order chi connectivity index (χ1) is 7.99. The van der Waals surface area contributed by atoms with Crippen LogP contribution in [0.4, 0.5) is 0 Å². The summed E-state index contributed by atoms with van der Waals surface area (Å²) in [6, 6.07) is -1.02. The first kappa shape index (κ1) is 13.5. The summed E-state index contributed by atoms with van der Waals surface area (Å²) >= 11 is 0. The van der Waals surface area contributed by atoms with E-state index in [9.17, 15) is 14.4 Å². The highest BCUT2D eigenvalue weighted by Crippen LogP contribution is 2.29. The normalized spacial score (nSPS) is 16.9. The van der Waals surface area contributed by atoms with E-state index in [2.05, 4.69) is 5.32 Å². The predicted octanol–water partition coefficient (Wildman–Crippen LogP) is 0.0115. The molecular weight excluding hydrogens is 224 g/mol. The average molecular weight is 242 g/mol. The van der Waals surface area contributed by atoms with Crippen LogP contribution in [0.1, 0.15) is 38.5 Å². The van der Waals surface area contributed by atoms with Gasteiger partial charge in [-0.2, -0.15) is 0 Å². The van der Waals surface area contributed by atoms with E-state index in [1.54, 1.807) is 0 Å². The lowest BCUT2D eigenvalue weighted by atomic mass is 9.83. The van der Waals surface area contributed by atoms with Gasteiger partial charge in [-0.25, -0.2) is 4.79 Å². The number of carboxylic acids is 1. The number of primary amides is 1. The molecule has 0 heterocycles. The lowest BCUT2D eigenvalue weighted by Gasteiger charge is -2.25. The second-order valence-corrected chi connectivity index (χ2v) is 4.46. The van der Waals surface area contributed by atoms with Crippen molar-refractivity contribution in [2.24, 2.45) is 11.7 Å². The van der Waals surface area contributed by atoms with Crippen LogP contribution < -0.4 is 11.1 Å². The van der Waals surface area contributed by atoms with Gasteiger partial charge in [-0.15, -0.1) is 0 Å². The second-order valence-electron chi connectivity index (χ2n) is 4.46. The number of rotatable bonds is 7. The smallest absolute Gasteiger partial charge is 0.326 e. The van der Waals surface area contributed by atoms with Crippen molar-refractivity contribution < 1.29 is 19.5 Å². The van der Waals surface area contributed by atoms with Gasteiger partial charge in [0.25, 0.3) is 0 Å². The molecule has 1 rings (SSSR count). The van der Waals surface area contributed by atoms with Crippen LogP contribution in [0, 0.1) is 5.92 Å². The summed E-state index contributed by atoms with van der Waals surface area (Å²) in [6.07, 6.45) is 3.59. The van der Waals surface area contributed by atoms with Crippen molar-refractivity contribution in [3.8, 4) is 0 Å². The SMILES string of the molecule is NC(=O)CC[C@H](NC(=O)CC1CCC1)C(=O)O. The minimum Gasteiger partial charge on any atom is -0.480 e. The molecule has 0 radical (unpaired) electrons. The first-order valence-electron chi connectivity index (χ1n) is 5.79. The zero-order valence-corrected chi connectivity index (χ0v) is 9.65. The van der Waals surface area contributed by atoms with E-state index in [1.807, 2.05) is 0 Å². The molecule has 0 aromatic heterocycles. The number of carboxylic acid groups (broad SMARTS) is 1. The number of aliphatic carboxylic acids is 1. The number of nitrogens with two attached hydrogens (primary N) is 1. The van der Waals surface area contributed by atoms with Gasteiger partial charge in [0.15, 0.2) is 0 Å². The van der Waals surface area contributed by atoms with Crippen molar-refractivity contribution in [2.45, 2.75) is 44.6 Å². The largest absolute Gasteiger partial charge is 0.480 e. The molecule has 0 unspecified atom stereocenters. The van der Waals surface area contributed by atoms with Gasteiger partial charge in [-0.05, 0) is 25.2 Å². The standard InChI is InChI=1S/C11H18N2O4/c12-9(14)5-4-8(11(16)17)13-10(15)6-7-2-1-3-7/h7-8H,1-6H2,(H2,12,14)(H,13,15)(H,16,17)/t8-/m0/s1. The number of carbonyl (C=O) groups is 3. The highest BCUT2D eigenvalue weighted by molar-refractivity contribution is 5.84. The molecule has 1 aliphatic rings. The maximum absolute atomic E-state index is 11.5. The van der Waals surface area contributed by atoms with E-state index in [4.69, 9.17) is 10.8 Å². The fraction of sp³-hybridized carbons (Fsp3) is 0.727. The van der Waals surface area contributed by atoms with Crippen LogP contribution in [0.5, 0.6) is 0 Å². The van der Waals surface area contributed by atoms with E-state index in [1.165, 1.54) is 0 Å². The van der Waals surface area contributed by atoms with Crippen molar-refractivity contribution in [1.29, 1.82) is 0 Å². The highest BCUT2D eigenvalue weighted by Gasteiger charge is 2.24. The maximum Gasteiger partial charge on any atom is 0.326 e. The summed E-state index contributed by atoms with van der Waals surface area (Å²) in [5.74, 6) is -1.56. The molecule has 0 saturated heterocycles. The lowest BCUT2D eigenvalue weighted by Crippen LogP contribution is -2.42. The van der Waals surface area contributed by atoms with Crippen LogP contribution in [-0.4, -0.2) is 28.9 Å². The summed E-state index contributed by atoms with van der Waals surface area (Å²) in [4.78, 5) is 32.9. The zero-order chi connectivity index (χ0) is 12.8. The number of carbonyl (C=O) groups excluding carboxylic acids is 2. The third kappa shape index (κ3) is 4.84. The van der Waals surface area contributed by atoms with E-state index in [0.29, 0.717) is 12.3 Å². The van der Waals surface area contributed by atoms with Crippen molar-refractivity contribution in [3.05, 3.63) is 0 Å². The van der Waals surface area contributed by atoms with Crippen LogP contribution in [0.2, 0.25) is 0 Å². The summed E-state index contributed by atoms with van der Waals surface area (Å²) < 4.78 is 0. The lowest BCUT2D eigenvalue weighted by molar-refractivity contribution is -0.142. The Kier molecular flexibility index (Phi) is 4.93. The van der Waals surface area contributed by atoms with Crippen molar-refractivity contribution in [3.63, 3.8) is 0 Å². The molecule has 1 atom stereocenters. The molecule has 1 fully saturated rings. The van der Waals surface area contributed by atoms with Crippen LogP contribution in [0.25, 0.3) is 0 Å². The molecule has 17 heavy (non-hydrogen) atoms. The van der Waals surface area contributed by atoms with Gasteiger partial charge in [0.05, 0.1) is 0 Å². The molecule has 96 valence electrons. The van der Waals surface area contributed by atoms with E-state index < -0.39 is 17.9 Å².